The zero-order valence-electron chi connectivity index (χ0n) is 94.5. The third-order valence-corrected chi connectivity index (χ3v) is 46.3. The Morgan fingerprint density at radius 3 is 0.759 bits per heavy atom. The Morgan fingerprint density at radius 1 is 0.308 bits per heavy atom. The monoisotopic (exact) mass is 2250 g/mol. The summed E-state index contributed by atoms with van der Waals surface area (Å²) >= 11 is 0. The minimum absolute atomic E-state index is 0. The standard InChI is InChI=1S/C12H26OSi.2C11H24OSi.2C10H22O2Si.C10H20O2Si.6C5H10.3CH2O.12CH3.6Fe/c1-4-13-14(2,3)11-7-10-12-8-5-6-9-12;1-5-12-13(3,4)10(2)11-8-6-7-9-11;1-4-12-13(2,3)10-9-11-7-5-6-8-11;1-9(10-6-4-5-7-10)13(3,8-11)12-2;1-12-13(2,9-11)8-7-10-5-3-4-6-10;1-5-10(2)7-6-8-13(4,9-11)12-3;6*1-2-4-5-3-1;3*1-2;;;;;;;;;;;;;;;;;;/h12H,4-11H2,1-3H3;10-11H,5-9H2,1-4H3;11H,4-10H2,1-3H3;9-11H,4-8H2,1-3H3;10-11H,3-9H2,1-2H3;5,11H,1-2,6-9H2,3-4H3;6*1-5H2;3*1H2;12*1H3;;;;;;/q;;;;;;;;;;;;;;;12*-1;6*+2. The second kappa shape index (κ2) is 131. The van der Waals surface area contributed by atoms with Crippen LogP contribution in [0.25, 0.3) is 0 Å². The zero-order chi connectivity index (χ0) is 87.2. The normalized spacial score (nSPS) is 17.9. The van der Waals surface area contributed by atoms with Crippen LogP contribution in [0.2, 0.25) is 94.2 Å². The van der Waals surface area contributed by atoms with Crippen LogP contribution in [0.1, 0.15) is 394 Å². The summed E-state index contributed by atoms with van der Waals surface area (Å²) in [5.41, 5.74) is 2.50. The number of aliphatic hydroxyl groups excluding tert-OH is 3. The number of hydrogen-bond acceptors (Lipinski definition) is 12. The maximum atomic E-state index is 9.35. The predicted molar refractivity (Wildman–Crippen MR) is 596 cm³/mol. The summed E-state index contributed by atoms with van der Waals surface area (Å²) < 4.78 is 33.9. The third kappa shape index (κ3) is 112. The van der Waals surface area contributed by atoms with Crippen LogP contribution < -0.4 is 0 Å². The van der Waals surface area contributed by atoms with Crippen LogP contribution in [0.5, 0.6) is 0 Å². The molecule has 0 saturated heterocycles. The van der Waals surface area contributed by atoms with Crippen molar-refractivity contribution in [2.75, 3.05) is 59.8 Å². The fourth-order valence-electron chi connectivity index (χ4n) is 18.2. The van der Waals surface area contributed by atoms with E-state index in [1.165, 1.54) is 359 Å². The van der Waals surface area contributed by atoms with Crippen molar-refractivity contribution in [2.45, 2.75) is 488 Å². The Bertz CT molecular complexity index is 1920. The summed E-state index contributed by atoms with van der Waals surface area (Å²) in [4.78, 5) is 24.0. The molecular formula is C109H240Fe6O12Si6. The van der Waals surface area contributed by atoms with Crippen molar-refractivity contribution < 1.29 is 159 Å². The summed E-state index contributed by atoms with van der Waals surface area (Å²) in [5.74, 6) is 4.79. The van der Waals surface area contributed by atoms with Crippen molar-refractivity contribution in [3.8, 4) is 0 Å². The van der Waals surface area contributed by atoms with E-state index in [2.05, 4.69) is 100 Å². The smallest absolute Gasteiger partial charge is 0.418 e. The maximum Gasteiger partial charge on any atom is 2.00 e. The number of hydrogen-bond donors (Lipinski definition) is 3. The molecule has 820 valence electrons. The minimum Gasteiger partial charge on any atom is -0.418 e. The molecule has 0 bridgehead atoms. The van der Waals surface area contributed by atoms with Gasteiger partial charge >= 0.3 is 102 Å². The van der Waals surface area contributed by atoms with Crippen molar-refractivity contribution in [2.24, 2.45) is 29.6 Å². The van der Waals surface area contributed by atoms with Crippen LogP contribution in [0.4, 0.5) is 0 Å². The molecular weight excluding hydrogens is 2000 g/mol. The summed E-state index contributed by atoms with van der Waals surface area (Å²) in [5, 5.41) is 27.7. The van der Waals surface area contributed by atoms with Crippen LogP contribution in [-0.2, 0) is 143 Å². The van der Waals surface area contributed by atoms with Gasteiger partial charge in [-0.2, -0.15) is 0 Å². The molecule has 3 N–H and O–H groups in total. The van der Waals surface area contributed by atoms with Gasteiger partial charge in [0.2, 0.25) is 25.0 Å². The van der Waals surface area contributed by atoms with E-state index < -0.39 is 49.9 Å². The average Bonchev–Trinajstić information content (AvgIpc) is 1.79. The van der Waals surface area contributed by atoms with Crippen molar-refractivity contribution in [3.63, 3.8) is 0 Å². The van der Waals surface area contributed by atoms with Gasteiger partial charge in [0, 0.05) is 41.2 Å². The van der Waals surface area contributed by atoms with Crippen LogP contribution in [0, 0.1) is 119 Å². The van der Waals surface area contributed by atoms with Crippen molar-refractivity contribution in [3.05, 3.63) is 114 Å². The molecule has 0 heterocycles. The Balaban J connectivity index is -0.0000000504. The van der Waals surface area contributed by atoms with Crippen LogP contribution in [0.15, 0.2) is 24.8 Å². The number of carbonyl (C=O) groups is 3. The first-order valence-electron chi connectivity index (χ1n) is 48.8. The van der Waals surface area contributed by atoms with Crippen molar-refractivity contribution in [1.82, 2.24) is 0 Å². The molecule has 11 rings (SSSR count). The van der Waals surface area contributed by atoms with E-state index in [0.717, 1.165) is 85.5 Å². The van der Waals surface area contributed by atoms with Crippen molar-refractivity contribution in [1.29, 1.82) is 0 Å². The molecule has 0 amide bonds. The number of allylic oxidation sites excluding steroid dienone is 2. The molecule has 0 aromatic rings. The first-order chi connectivity index (χ1) is 55.3. The first kappa shape index (κ1) is 190. The second-order valence-corrected chi connectivity index (χ2v) is 63.7. The molecule has 133 heavy (non-hydrogen) atoms. The SMILES string of the molecule is C1CCCC1.C1CCCC1.C1CCCC1.C1CCCC1.C1CCCC1.C1CCCC1.C=CC(=C)CCC[Si](C)(CO)OC.C=O.C=O.C=O.CCO[Si](C)(C)C(C)C1CCCC1.CCO[Si](C)(C)CCC1CCCC1.CCO[Si](C)(C)CCCC1CCCC1.CO[Si](C)(CO)C(C)C1CCCC1.CO[Si](C)(CO)CCC1CCCC1.[CH3-].[CH3-].[CH3-].[CH3-].[CH3-].[CH3-].[CH3-].[CH3-].[CH3-].[CH3-].[CH3-].[CH3-].[Fe+2].[Fe+2].[Fe+2].[Fe+2].[Fe+2].[Fe+2]. The van der Waals surface area contributed by atoms with Gasteiger partial charge in [0.1, 0.15) is 20.4 Å². The van der Waals surface area contributed by atoms with Gasteiger partial charge in [-0.25, -0.2) is 0 Å². The Hall–Kier alpha value is 2.55. The third-order valence-electron chi connectivity index (χ3n) is 27.3. The number of aliphatic hydroxyl groups is 3. The summed E-state index contributed by atoms with van der Waals surface area (Å²) in [6, 6.07) is 4.83. The average molecular weight is 2250 g/mol. The topological polar surface area (TPSA) is 167 Å². The van der Waals surface area contributed by atoms with Gasteiger partial charge in [-0.3, -0.25) is 0 Å². The van der Waals surface area contributed by atoms with E-state index in [1.807, 2.05) is 26.9 Å². The van der Waals surface area contributed by atoms with Gasteiger partial charge in [-0.15, -0.1) is 0 Å². The quantitative estimate of drug-likeness (QED) is 0.0342. The van der Waals surface area contributed by atoms with E-state index in [-0.39, 0.29) is 210 Å². The van der Waals surface area contributed by atoms with Crippen LogP contribution in [-0.4, -0.2) is 145 Å². The Kier molecular flexibility index (Phi) is 187. The van der Waals surface area contributed by atoms with E-state index in [9.17, 15) is 10.2 Å². The van der Waals surface area contributed by atoms with E-state index in [4.69, 9.17) is 46.0 Å². The zero-order valence-corrected chi connectivity index (χ0v) is 107. The number of carbonyl (C=O) groups excluding carboxylic acids is 3. The molecule has 11 fully saturated rings. The van der Waals surface area contributed by atoms with E-state index in [1.54, 1.807) is 27.4 Å². The Morgan fingerprint density at radius 2 is 0.534 bits per heavy atom. The summed E-state index contributed by atoms with van der Waals surface area (Å²) in [6.45, 7) is 47.7. The predicted octanol–water partition coefficient (Wildman–Crippen LogP) is 35.3. The van der Waals surface area contributed by atoms with Crippen LogP contribution in [0.3, 0.4) is 0 Å². The maximum absolute atomic E-state index is 9.35. The molecule has 11 saturated carbocycles. The molecule has 11 aliphatic rings. The molecule has 0 aromatic heterocycles. The molecule has 24 heteroatoms. The number of rotatable bonds is 31. The second-order valence-electron chi connectivity index (χ2n) is 38.1. The van der Waals surface area contributed by atoms with E-state index in [0.29, 0.717) is 5.54 Å². The van der Waals surface area contributed by atoms with Crippen molar-refractivity contribution >= 4 is 70.3 Å². The molecule has 5 unspecified atom stereocenters. The molecule has 12 nitrogen and oxygen atoms in total. The largest absolute Gasteiger partial charge is 2.00 e. The van der Waals surface area contributed by atoms with Gasteiger partial charge in [0.25, 0.3) is 0 Å². The first-order valence-corrected chi connectivity index (χ1v) is 66.4. The van der Waals surface area contributed by atoms with Gasteiger partial charge in [-0.1, -0.05) is 385 Å². The molecule has 5 atom stereocenters. The molecule has 11 aliphatic carbocycles. The summed E-state index contributed by atoms with van der Waals surface area (Å²) in [7, 11) is -4.04. The van der Waals surface area contributed by atoms with E-state index >= 15 is 0 Å². The fourth-order valence-corrected chi connectivity index (χ4v) is 29.7. The van der Waals surface area contributed by atoms with Crippen LogP contribution >= 0.6 is 0 Å². The fraction of sp³-hybridized carbons (Fsp3) is 0.826. The van der Waals surface area contributed by atoms with Gasteiger partial charge < -0.3 is 145 Å². The summed E-state index contributed by atoms with van der Waals surface area (Å²) in [6.07, 6.45) is 83.8. The molecule has 0 spiro atoms. The molecule has 0 aromatic carbocycles. The Labute approximate surface area is 912 Å². The van der Waals surface area contributed by atoms with Gasteiger partial charge in [-0.05, 0) is 157 Å². The van der Waals surface area contributed by atoms with Gasteiger partial charge in [0.05, 0.1) is 18.7 Å². The minimum atomic E-state index is -1.81. The molecule has 0 radical (unpaired) electrons. The van der Waals surface area contributed by atoms with Gasteiger partial charge in [0.15, 0.2) is 25.0 Å². The molecule has 0 aliphatic heterocycles.